The minimum Gasteiger partial charge on any atom is -0.377 e. The fourth-order valence-corrected chi connectivity index (χ4v) is 4.55. The van der Waals surface area contributed by atoms with Crippen LogP contribution in [0.1, 0.15) is 34.4 Å². The number of allylic oxidation sites excluding steroid dienone is 2. The van der Waals surface area contributed by atoms with Crippen LogP contribution in [0.15, 0.2) is 41.8 Å². The summed E-state index contributed by atoms with van der Waals surface area (Å²) in [5.41, 5.74) is 3.81. The third-order valence-corrected chi connectivity index (χ3v) is 5.95. The highest BCUT2D eigenvalue weighted by atomic mass is 35.5. The van der Waals surface area contributed by atoms with E-state index in [0.717, 1.165) is 11.4 Å². The first kappa shape index (κ1) is 12.5. The molecule has 1 N–H and O–H groups in total. The largest absolute Gasteiger partial charge is 0.377 e. The molecule has 4 rings (SSSR count). The van der Waals surface area contributed by atoms with Crippen molar-refractivity contribution in [2.75, 3.05) is 5.32 Å². The number of benzene rings is 1. The van der Waals surface area contributed by atoms with Gasteiger partial charge >= 0.3 is 0 Å². The second kappa shape index (κ2) is 4.64. The topological polar surface area (TPSA) is 12.0 Å². The van der Waals surface area contributed by atoms with E-state index in [1.54, 1.807) is 0 Å². The molecule has 1 aliphatic heterocycles. The van der Waals surface area contributed by atoms with Crippen LogP contribution in [-0.2, 0) is 0 Å². The second-order valence-electron chi connectivity index (χ2n) is 5.63. The lowest BCUT2D eigenvalue weighted by molar-refractivity contribution is 0.429. The molecule has 0 radical (unpaired) electrons. The Bertz CT molecular complexity index is 675. The minimum atomic E-state index is 0.402. The van der Waals surface area contributed by atoms with Crippen LogP contribution >= 0.6 is 22.9 Å². The summed E-state index contributed by atoms with van der Waals surface area (Å²) in [6.45, 7) is 2.11. The Hall–Kier alpha value is -1.25. The van der Waals surface area contributed by atoms with E-state index in [1.807, 2.05) is 17.4 Å². The molecule has 0 fully saturated rings. The van der Waals surface area contributed by atoms with Gasteiger partial charge in [-0.2, -0.15) is 0 Å². The highest BCUT2D eigenvalue weighted by molar-refractivity contribution is 7.10. The van der Waals surface area contributed by atoms with Gasteiger partial charge in [0.25, 0.3) is 0 Å². The summed E-state index contributed by atoms with van der Waals surface area (Å²) >= 11 is 8.15. The molecule has 0 saturated carbocycles. The van der Waals surface area contributed by atoms with Gasteiger partial charge in [0.05, 0.1) is 6.04 Å². The van der Waals surface area contributed by atoms with Crippen LogP contribution in [0.2, 0.25) is 5.02 Å². The molecule has 3 heteroatoms. The zero-order valence-electron chi connectivity index (χ0n) is 11.3. The normalized spacial score (nSPS) is 27.0. The van der Waals surface area contributed by atoms with Crippen LogP contribution in [-0.4, -0.2) is 0 Å². The average Bonchev–Trinajstić information content (AvgIpc) is 3.12. The molecule has 0 spiro atoms. The maximum Gasteiger partial charge on any atom is 0.0646 e. The van der Waals surface area contributed by atoms with Crippen LogP contribution < -0.4 is 5.32 Å². The van der Waals surface area contributed by atoms with Crippen molar-refractivity contribution in [3.05, 3.63) is 62.8 Å². The molecule has 0 amide bonds. The van der Waals surface area contributed by atoms with Gasteiger partial charge in [-0.15, -0.1) is 11.3 Å². The molecule has 3 unspecified atom stereocenters. The number of thiophene rings is 1. The Morgan fingerprint density at radius 2 is 2.20 bits per heavy atom. The van der Waals surface area contributed by atoms with Crippen molar-refractivity contribution in [2.45, 2.75) is 25.3 Å². The lowest BCUT2D eigenvalue weighted by Gasteiger charge is -2.37. The molecule has 2 aromatic rings. The van der Waals surface area contributed by atoms with Crippen LogP contribution in [0.5, 0.6) is 0 Å². The molecular formula is C17H16ClNS. The van der Waals surface area contributed by atoms with E-state index < -0.39 is 0 Å². The number of nitrogens with one attached hydrogen (secondary N) is 1. The molecule has 0 bridgehead atoms. The van der Waals surface area contributed by atoms with Crippen molar-refractivity contribution >= 4 is 28.6 Å². The third kappa shape index (κ3) is 1.75. The summed E-state index contributed by atoms with van der Waals surface area (Å²) in [6, 6.07) is 9.00. The van der Waals surface area contributed by atoms with Gasteiger partial charge in [0, 0.05) is 21.5 Å². The van der Waals surface area contributed by atoms with E-state index in [0.29, 0.717) is 17.9 Å². The van der Waals surface area contributed by atoms with Gasteiger partial charge in [0.15, 0.2) is 0 Å². The Balaban J connectivity index is 1.86. The number of rotatable bonds is 1. The first-order valence-electron chi connectivity index (χ1n) is 7.01. The van der Waals surface area contributed by atoms with Crippen molar-refractivity contribution in [1.82, 2.24) is 0 Å². The van der Waals surface area contributed by atoms with E-state index in [2.05, 4.69) is 48.0 Å². The van der Waals surface area contributed by atoms with Crippen LogP contribution in [0.25, 0.3) is 0 Å². The van der Waals surface area contributed by atoms with Gasteiger partial charge in [-0.05, 0) is 47.9 Å². The highest BCUT2D eigenvalue weighted by Crippen LogP contribution is 2.51. The number of anilines is 1. The summed E-state index contributed by atoms with van der Waals surface area (Å²) in [6.07, 6.45) is 5.86. The lowest BCUT2D eigenvalue weighted by Crippen LogP contribution is -2.29. The molecule has 20 heavy (non-hydrogen) atoms. The monoisotopic (exact) mass is 301 g/mol. The summed E-state index contributed by atoms with van der Waals surface area (Å²) in [7, 11) is 0. The van der Waals surface area contributed by atoms with Crippen LogP contribution in [0.4, 0.5) is 5.69 Å². The molecule has 2 aliphatic rings. The van der Waals surface area contributed by atoms with Gasteiger partial charge < -0.3 is 5.32 Å². The van der Waals surface area contributed by atoms with Crippen molar-refractivity contribution in [1.29, 1.82) is 0 Å². The van der Waals surface area contributed by atoms with Crippen molar-refractivity contribution in [3.8, 4) is 0 Å². The summed E-state index contributed by atoms with van der Waals surface area (Å²) in [5.74, 6) is 1.15. The standard InChI is InChI=1S/C17H16ClNS/c1-10-14(18)8-7-13-11-4-2-5-12(11)17(19-16(10)13)15-6-3-9-20-15/h2-4,6-9,11-12,17,19H,5H2,1H3. The average molecular weight is 302 g/mol. The van der Waals surface area contributed by atoms with Gasteiger partial charge in [0.1, 0.15) is 0 Å². The molecule has 1 aromatic carbocycles. The predicted octanol–water partition coefficient (Wildman–Crippen LogP) is 5.54. The first-order valence-corrected chi connectivity index (χ1v) is 8.27. The highest BCUT2D eigenvalue weighted by Gasteiger charge is 2.38. The first-order chi connectivity index (χ1) is 9.75. The van der Waals surface area contributed by atoms with Crippen molar-refractivity contribution in [2.24, 2.45) is 5.92 Å². The van der Waals surface area contributed by atoms with Crippen LogP contribution in [0.3, 0.4) is 0 Å². The molecule has 0 saturated heterocycles. The summed E-state index contributed by atoms with van der Waals surface area (Å²) in [4.78, 5) is 1.42. The number of hydrogen-bond donors (Lipinski definition) is 1. The summed E-state index contributed by atoms with van der Waals surface area (Å²) in [5, 5.41) is 6.78. The fraction of sp³-hybridized carbons (Fsp3) is 0.294. The van der Waals surface area contributed by atoms with Crippen LogP contribution in [0, 0.1) is 12.8 Å². The molecular weight excluding hydrogens is 286 g/mol. The predicted molar refractivity (Wildman–Crippen MR) is 86.9 cm³/mol. The Morgan fingerprint density at radius 1 is 1.30 bits per heavy atom. The molecule has 102 valence electrons. The second-order valence-corrected chi connectivity index (χ2v) is 7.01. The molecule has 1 aromatic heterocycles. The number of fused-ring (bicyclic) bond motifs is 3. The van der Waals surface area contributed by atoms with Gasteiger partial charge in [0.2, 0.25) is 0 Å². The maximum absolute atomic E-state index is 6.31. The number of hydrogen-bond acceptors (Lipinski definition) is 2. The SMILES string of the molecule is Cc1c(Cl)ccc2c1NC(c1cccs1)C1CC=CC21. The van der Waals surface area contributed by atoms with E-state index in [9.17, 15) is 0 Å². The van der Waals surface area contributed by atoms with Crippen molar-refractivity contribution in [3.63, 3.8) is 0 Å². The fourth-order valence-electron chi connectivity index (χ4n) is 3.54. The zero-order chi connectivity index (χ0) is 13.7. The van der Waals surface area contributed by atoms with E-state index in [-0.39, 0.29) is 0 Å². The number of halogens is 1. The molecule has 1 aliphatic carbocycles. The lowest BCUT2D eigenvalue weighted by atomic mass is 9.78. The molecule has 1 nitrogen and oxygen atoms in total. The van der Waals surface area contributed by atoms with E-state index in [1.165, 1.54) is 21.7 Å². The smallest absolute Gasteiger partial charge is 0.0646 e. The quantitative estimate of drug-likeness (QED) is 0.682. The minimum absolute atomic E-state index is 0.402. The van der Waals surface area contributed by atoms with Gasteiger partial charge in [-0.25, -0.2) is 0 Å². The molecule has 3 atom stereocenters. The Kier molecular flexibility index (Phi) is 2.90. The zero-order valence-corrected chi connectivity index (χ0v) is 12.8. The maximum atomic E-state index is 6.31. The Labute approximate surface area is 128 Å². The van der Waals surface area contributed by atoms with E-state index >= 15 is 0 Å². The summed E-state index contributed by atoms with van der Waals surface area (Å²) < 4.78 is 0. The van der Waals surface area contributed by atoms with E-state index in [4.69, 9.17) is 11.6 Å². The third-order valence-electron chi connectivity index (χ3n) is 4.58. The van der Waals surface area contributed by atoms with Gasteiger partial charge in [-0.1, -0.05) is 35.9 Å². The Morgan fingerprint density at radius 3 is 3.00 bits per heavy atom. The molecule has 2 heterocycles. The van der Waals surface area contributed by atoms with Crippen molar-refractivity contribution < 1.29 is 0 Å². The van der Waals surface area contributed by atoms with Gasteiger partial charge in [-0.3, -0.25) is 0 Å².